The Bertz CT molecular complexity index is 962. The molecule has 1 fully saturated rings. The first-order chi connectivity index (χ1) is 15.8. The summed E-state index contributed by atoms with van der Waals surface area (Å²) in [6.45, 7) is 8.07. The van der Waals surface area contributed by atoms with Crippen molar-refractivity contribution in [3.8, 4) is 5.75 Å². The van der Waals surface area contributed by atoms with Gasteiger partial charge in [-0.3, -0.25) is 9.59 Å². The van der Waals surface area contributed by atoms with Gasteiger partial charge in [0.1, 0.15) is 11.8 Å². The maximum absolute atomic E-state index is 13.3. The number of benzene rings is 2. The summed E-state index contributed by atoms with van der Waals surface area (Å²) >= 11 is 3.56. The van der Waals surface area contributed by atoms with E-state index in [1.807, 2.05) is 64.1 Å². The molecule has 0 heterocycles. The molecule has 33 heavy (non-hydrogen) atoms. The standard InChI is InChI=1S/C27H35BrN2O3/c1-18-10-8-9-11-22(18)16-30(21(4)27(32)29-23-12-6-5-7-13-23)25(31)17-33-24-14-19(2)26(28)20(3)15-24/h8-11,14-15,21,23H,5-7,12-13,16-17H2,1-4H3,(H,29,32). The van der Waals surface area contributed by atoms with Crippen LogP contribution in [0.5, 0.6) is 5.75 Å². The van der Waals surface area contributed by atoms with Crippen LogP contribution in [-0.4, -0.2) is 35.4 Å². The molecular formula is C27H35BrN2O3. The maximum Gasteiger partial charge on any atom is 0.261 e. The van der Waals surface area contributed by atoms with Crippen molar-refractivity contribution >= 4 is 27.7 Å². The summed E-state index contributed by atoms with van der Waals surface area (Å²) in [5, 5.41) is 3.17. The first kappa shape index (κ1) is 25.3. The van der Waals surface area contributed by atoms with Crippen LogP contribution in [0.1, 0.15) is 61.3 Å². The second-order valence-electron chi connectivity index (χ2n) is 9.13. The van der Waals surface area contributed by atoms with Gasteiger partial charge in [0.25, 0.3) is 5.91 Å². The van der Waals surface area contributed by atoms with Gasteiger partial charge in [0, 0.05) is 17.1 Å². The van der Waals surface area contributed by atoms with Crippen LogP contribution >= 0.6 is 15.9 Å². The molecule has 0 bridgehead atoms. The Kier molecular flexibility index (Phi) is 8.95. The summed E-state index contributed by atoms with van der Waals surface area (Å²) in [4.78, 5) is 28.0. The summed E-state index contributed by atoms with van der Waals surface area (Å²) < 4.78 is 6.91. The Hall–Kier alpha value is -2.34. The fourth-order valence-corrected chi connectivity index (χ4v) is 4.57. The van der Waals surface area contributed by atoms with Crippen molar-refractivity contribution in [1.82, 2.24) is 10.2 Å². The molecule has 2 aromatic carbocycles. The van der Waals surface area contributed by atoms with E-state index in [4.69, 9.17) is 4.74 Å². The van der Waals surface area contributed by atoms with Crippen molar-refractivity contribution in [2.24, 2.45) is 0 Å². The zero-order valence-corrected chi connectivity index (χ0v) is 21.7. The van der Waals surface area contributed by atoms with Crippen LogP contribution in [0, 0.1) is 20.8 Å². The molecule has 1 atom stereocenters. The molecule has 2 aromatic rings. The van der Waals surface area contributed by atoms with Gasteiger partial charge in [-0.2, -0.15) is 0 Å². The van der Waals surface area contributed by atoms with E-state index in [0.717, 1.165) is 52.4 Å². The largest absolute Gasteiger partial charge is 0.484 e. The van der Waals surface area contributed by atoms with Crippen LogP contribution in [-0.2, 0) is 16.1 Å². The SMILES string of the molecule is Cc1ccccc1CN(C(=O)COc1cc(C)c(Br)c(C)c1)C(C)C(=O)NC1CCCCC1. The van der Waals surface area contributed by atoms with Gasteiger partial charge in [-0.15, -0.1) is 0 Å². The van der Waals surface area contributed by atoms with Crippen molar-refractivity contribution in [1.29, 1.82) is 0 Å². The number of rotatable bonds is 8. The van der Waals surface area contributed by atoms with Gasteiger partial charge in [0.05, 0.1) is 0 Å². The summed E-state index contributed by atoms with van der Waals surface area (Å²) in [5.74, 6) is 0.346. The average molecular weight is 515 g/mol. The monoisotopic (exact) mass is 514 g/mol. The molecule has 0 spiro atoms. The Morgan fingerprint density at radius 1 is 1.06 bits per heavy atom. The van der Waals surface area contributed by atoms with Crippen LogP contribution < -0.4 is 10.1 Å². The molecule has 5 nitrogen and oxygen atoms in total. The third-order valence-corrected chi connectivity index (χ3v) is 7.74. The Balaban J connectivity index is 1.74. The maximum atomic E-state index is 13.3. The minimum atomic E-state index is -0.587. The van der Waals surface area contributed by atoms with Crippen LogP contribution in [0.25, 0.3) is 0 Å². The van der Waals surface area contributed by atoms with E-state index in [2.05, 4.69) is 21.2 Å². The predicted octanol–water partition coefficient (Wildman–Crippen LogP) is 5.62. The lowest BCUT2D eigenvalue weighted by Gasteiger charge is -2.31. The minimum Gasteiger partial charge on any atom is -0.484 e. The Morgan fingerprint density at radius 3 is 2.33 bits per heavy atom. The molecule has 1 unspecified atom stereocenters. The molecule has 0 radical (unpaired) electrons. The second-order valence-corrected chi connectivity index (χ2v) is 9.92. The highest BCUT2D eigenvalue weighted by Crippen LogP contribution is 2.26. The van der Waals surface area contributed by atoms with Crippen molar-refractivity contribution in [3.05, 3.63) is 63.1 Å². The van der Waals surface area contributed by atoms with Crippen molar-refractivity contribution in [2.45, 2.75) is 78.4 Å². The molecule has 3 rings (SSSR count). The van der Waals surface area contributed by atoms with Gasteiger partial charge in [0.15, 0.2) is 6.61 Å². The van der Waals surface area contributed by atoms with Gasteiger partial charge in [-0.25, -0.2) is 0 Å². The van der Waals surface area contributed by atoms with Crippen LogP contribution in [0.3, 0.4) is 0 Å². The number of carbonyl (C=O) groups is 2. The summed E-state index contributed by atoms with van der Waals surface area (Å²) in [7, 11) is 0. The number of hydrogen-bond acceptors (Lipinski definition) is 3. The van der Waals surface area contributed by atoms with Gasteiger partial charge in [0.2, 0.25) is 5.91 Å². The van der Waals surface area contributed by atoms with E-state index in [-0.39, 0.29) is 24.5 Å². The average Bonchev–Trinajstić information content (AvgIpc) is 2.80. The number of carbonyl (C=O) groups excluding carboxylic acids is 2. The minimum absolute atomic E-state index is 0.0980. The molecule has 1 N–H and O–H groups in total. The molecule has 0 saturated heterocycles. The van der Waals surface area contributed by atoms with E-state index in [1.165, 1.54) is 6.42 Å². The zero-order valence-electron chi connectivity index (χ0n) is 20.1. The normalized spacial score (nSPS) is 15.1. The molecule has 6 heteroatoms. The van der Waals surface area contributed by atoms with Crippen LogP contribution in [0.2, 0.25) is 0 Å². The molecule has 0 aromatic heterocycles. The number of halogens is 1. The fourth-order valence-electron chi connectivity index (χ4n) is 4.34. The first-order valence-corrected chi connectivity index (χ1v) is 12.6. The first-order valence-electron chi connectivity index (χ1n) is 11.8. The third-order valence-electron chi connectivity index (χ3n) is 6.49. The molecular weight excluding hydrogens is 480 g/mol. The summed E-state index contributed by atoms with van der Waals surface area (Å²) in [5.41, 5.74) is 4.22. The van der Waals surface area contributed by atoms with Gasteiger partial charge < -0.3 is 15.0 Å². The van der Waals surface area contributed by atoms with E-state index >= 15 is 0 Å². The molecule has 1 aliphatic carbocycles. The topological polar surface area (TPSA) is 58.6 Å². The summed E-state index contributed by atoms with van der Waals surface area (Å²) in [6, 6.07) is 11.4. The number of amides is 2. The quantitative estimate of drug-likeness (QED) is 0.497. The number of hydrogen-bond donors (Lipinski definition) is 1. The molecule has 178 valence electrons. The number of aryl methyl sites for hydroxylation is 3. The lowest BCUT2D eigenvalue weighted by Crippen LogP contribution is -2.51. The number of nitrogens with zero attached hydrogens (tertiary/aromatic N) is 1. The van der Waals surface area contributed by atoms with Crippen molar-refractivity contribution < 1.29 is 14.3 Å². The third kappa shape index (κ3) is 6.83. The van der Waals surface area contributed by atoms with Crippen molar-refractivity contribution in [2.75, 3.05) is 6.61 Å². The predicted molar refractivity (Wildman–Crippen MR) is 135 cm³/mol. The van der Waals surface area contributed by atoms with Gasteiger partial charge >= 0.3 is 0 Å². The van der Waals surface area contributed by atoms with E-state index < -0.39 is 6.04 Å². The second kappa shape index (κ2) is 11.7. The molecule has 1 aliphatic rings. The molecule has 2 amide bonds. The fraction of sp³-hybridized carbons (Fsp3) is 0.481. The highest BCUT2D eigenvalue weighted by atomic mass is 79.9. The molecule has 1 saturated carbocycles. The summed E-state index contributed by atoms with van der Waals surface area (Å²) in [6.07, 6.45) is 5.54. The smallest absolute Gasteiger partial charge is 0.261 e. The van der Waals surface area contributed by atoms with Crippen molar-refractivity contribution in [3.63, 3.8) is 0 Å². The lowest BCUT2D eigenvalue weighted by molar-refractivity contribution is -0.142. The number of ether oxygens (including phenoxy) is 1. The van der Waals surface area contributed by atoms with E-state index in [0.29, 0.717) is 12.3 Å². The van der Waals surface area contributed by atoms with Gasteiger partial charge in [-0.05, 0) is 74.9 Å². The highest BCUT2D eigenvalue weighted by Gasteiger charge is 2.28. The Labute approximate surface area is 206 Å². The Morgan fingerprint density at radius 2 is 1.70 bits per heavy atom. The van der Waals surface area contributed by atoms with E-state index in [9.17, 15) is 9.59 Å². The van der Waals surface area contributed by atoms with E-state index in [1.54, 1.807) is 4.90 Å². The number of nitrogens with one attached hydrogen (secondary N) is 1. The van der Waals surface area contributed by atoms with Crippen LogP contribution in [0.15, 0.2) is 40.9 Å². The zero-order chi connectivity index (χ0) is 24.0. The molecule has 0 aliphatic heterocycles. The van der Waals surface area contributed by atoms with Gasteiger partial charge in [-0.1, -0.05) is 59.5 Å². The highest BCUT2D eigenvalue weighted by molar-refractivity contribution is 9.10. The lowest BCUT2D eigenvalue weighted by atomic mass is 9.95. The van der Waals surface area contributed by atoms with Crippen LogP contribution in [0.4, 0.5) is 0 Å².